The molecule has 6 heteroatoms. The van der Waals surface area contributed by atoms with Gasteiger partial charge in [-0.05, 0) is 36.6 Å². The summed E-state index contributed by atoms with van der Waals surface area (Å²) in [6.07, 6.45) is 2.88. The van der Waals surface area contributed by atoms with Gasteiger partial charge in [0.25, 0.3) is 0 Å². The molecule has 0 bridgehead atoms. The predicted molar refractivity (Wildman–Crippen MR) is 78.1 cm³/mol. The van der Waals surface area contributed by atoms with Crippen molar-refractivity contribution >= 4 is 32.9 Å². The lowest BCUT2D eigenvalue weighted by atomic mass is 10.1. The van der Waals surface area contributed by atoms with Crippen LogP contribution in [-0.4, -0.2) is 31.3 Å². The second-order valence-electron chi connectivity index (χ2n) is 4.69. The Hall–Kier alpha value is -0.0400. The number of thioether (sulfide) groups is 1. The van der Waals surface area contributed by atoms with E-state index >= 15 is 0 Å². The topological polar surface area (TPSA) is 54.4 Å². The van der Waals surface area contributed by atoms with Crippen LogP contribution in [0.2, 0.25) is 0 Å². The maximum Gasteiger partial charge on any atom is 0.147 e. The number of aryl methyl sites for hydroxylation is 1. The van der Waals surface area contributed by atoms with Gasteiger partial charge in [0.15, 0.2) is 0 Å². The molecule has 3 nitrogen and oxygen atoms in total. The van der Waals surface area contributed by atoms with Gasteiger partial charge in [0.1, 0.15) is 9.84 Å². The van der Waals surface area contributed by atoms with Crippen LogP contribution in [-0.2, 0) is 22.0 Å². The molecule has 1 N–H and O–H groups in total. The van der Waals surface area contributed by atoms with Crippen LogP contribution in [0.25, 0.3) is 0 Å². The smallest absolute Gasteiger partial charge is 0.147 e. The van der Waals surface area contributed by atoms with Crippen molar-refractivity contribution in [1.82, 2.24) is 0 Å². The van der Waals surface area contributed by atoms with Gasteiger partial charge in [-0.25, -0.2) is 8.42 Å². The van der Waals surface area contributed by atoms with Crippen LogP contribution in [0.5, 0.6) is 0 Å². The highest BCUT2D eigenvalue weighted by molar-refractivity contribution is 7.98. The maximum atomic E-state index is 11.0. The summed E-state index contributed by atoms with van der Waals surface area (Å²) < 4.78 is 22.1. The van der Waals surface area contributed by atoms with E-state index in [0.717, 1.165) is 22.8 Å². The van der Waals surface area contributed by atoms with E-state index in [1.807, 2.05) is 11.8 Å². The van der Waals surface area contributed by atoms with E-state index in [1.54, 1.807) is 11.3 Å². The zero-order chi connectivity index (χ0) is 13.2. The minimum absolute atomic E-state index is 0.158. The first-order valence-corrected chi connectivity index (χ1v) is 10.0. The molecule has 0 saturated carbocycles. The van der Waals surface area contributed by atoms with Crippen LogP contribution in [0.3, 0.4) is 0 Å². The molecule has 0 aromatic carbocycles. The Morgan fingerprint density at radius 3 is 2.94 bits per heavy atom. The lowest BCUT2D eigenvalue weighted by Gasteiger charge is -2.08. The summed E-state index contributed by atoms with van der Waals surface area (Å²) in [6, 6.07) is 2.09. The van der Waals surface area contributed by atoms with Gasteiger partial charge in [0.05, 0.1) is 6.10 Å². The number of hydrogen-bond donors (Lipinski definition) is 1. The van der Waals surface area contributed by atoms with Gasteiger partial charge in [-0.1, -0.05) is 0 Å². The summed E-state index contributed by atoms with van der Waals surface area (Å²) in [7, 11) is -2.92. The van der Waals surface area contributed by atoms with E-state index in [-0.39, 0.29) is 5.75 Å². The zero-order valence-corrected chi connectivity index (χ0v) is 12.8. The molecule has 102 valence electrons. The highest BCUT2D eigenvalue weighted by Gasteiger charge is 2.18. The summed E-state index contributed by atoms with van der Waals surface area (Å²) in [5.74, 6) is 2.37. The van der Waals surface area contributed by atoms with Gasteiger partial charge in [0.2, 0.25) is 0 Å². The van der Waals surface area contributed by atoms with Crippen molar-refractivity contribution in [3.05, 3.63) is 21.4 Å². The van der Waals surface area contributed by atoms with Crippen LogP contribution in [0, 0.1) is 0 Å². The maximum absolute atomic E-state index is 11.0. The molecule has 1 unspecified atom stereocenters. The average molecular weight is 306 g/mol. The van der Waals surface area contributed by atoms with E-state index in [2.05, 4.69) is 6.07 Å². The van der Waals surface area contributed by atoms with E-state index in [1.165, 1.54) is 16.7 Å². The van der Waals surface area contributed by atoms with E-state index in [4.69, 9.17) is 0 Å². The number of fused-ring (bicyclic) bond motifs is 1. The lowest BCUT2D eigenvalue weighted by Crippen LogP contribution is -2.05. The van der Waals surface area contributed by atoms with Gasteiger partial charge in [-0.2, -0.15) is 11.8 Å². The molecule has 0 radical (unpaired) electrons. The molecule has 1 aromatic heterocycles. The standard InChI is InChI=1S/C12H18O3S3/c1-18(14,15)6-2-3-10(13)12-7-9-8-16-5-4-11(9)17-12/h7,10,13H,2-6,8H2,1H3. The minimum atomic E-state index is -2.92. The average Bonchev–Trinajstić information content (AvgIpc) is 2.70. The molecular formula is C12H18O3S3. The molecule has 0 saturated heterocycles. The third-order valence-electron chi connectivity index (χ3n) is 2.97. The Morgan fingerprint density at radius 2 is 2.28 bits per heavy atom. The van der Waals surface area contributed by atoms with Crippen LogP contribution >= 0.6 is 23.1 Å². The highest BCUT2D eigenvalue weighted by atomic mass is 32.2. The highest BCUT2D eigenvalue weighted by Crippen LogP contribution is 2.35. The molecule has 1 atom stereocenters. The molecule has 0 fully saturated rings. The van der Waals surface area contributed by atoms with Crippen LogP contribution < -0.4 is 0 Å². The molecule has 0 spiro atoms. The SMILES string of the molecule is CS(=O)(=O)CCCC(O)c1cc2c(s1)CCSC2. The molecule has 2 heterocycles. The summed E-state index contributed by atoms with van der Waals surface area (Å²) in [5.41, 5.74) is 1.36. The summed E-state index contributed by atoms with van der Waals surface area (Å²) >= 11 is 3.62. The fourth-order valence-corrected chi connectivity index (χ4v) is 5.10. The predicted octanol–water partition coefficient (Wildman–Crippen LogP) is 2.40. The van der Waals surface area contributed by atoms with Crippen molar-refractivity contribution < 1.29 is 13.5 Å². The first-order chi connectivity index (χ1) is 8.46. The number of thiophene rings is 1. The van der Waals surface area contributed by atoms with Gasteiger partial charge in [-0.3, -0.25) is 0 Å². The van der Waals surface area contributed by atoms with Crippen LogP contribution in [0.1, 0.15) is 34.3 Å². The minimum Gasteiger partial charge on any atom is -0.388 e. The number of aliphatic hydroxyl groups excluding tert-OH is 1. The quantitative estimate of drug-likeness (QED) is 0.907. The summed E-state index contributed by atoms with van der Waals surface area (Å²) in [6.45, 7) is 0. The molecule has 0 aliphatic carbocycles. The summed E-state index contributed by atoms with van der Waals surface area (Å²) in [4.78, 5) is 2.39. The molecule has 1 aliphatic heterocycles. The normalized spacial score (nSPS) is 17.4. The second kappa shape index (κ2) is 5.94. The Kier molecular flexibility index (Phi) is 4.75. The largest absolute Gasteiger partial charge is 0.388 e. The molecule has 1 aliphatic rings. The Labute approximate surface area is 117 Å². The second-order valence-corrected chi connectivity index (χ2v) is 9.22. The Morgan fingerprint density at radius 1 is 1.50 bits per heavy atom. The molecule has 2 rings (SSSR count). The third-order valence-corrected chi connectivity index (χ3v) is 6.34. The van der Waals surface area contributed by atoms with Crippen LogP contribution in [0.15, 0.2) is 6.07 Å². The first kappa shape index (κ1) is 14.4. The third kappa shape index (κ3) is 3.98. The zero-order valence-electron chi connectivity index (χ0n) is 10.4. The summed E-state index contributed by atoms with van der Waals surface area (Å²) in [5, 5.41) is 10.1. The van der Waals surface area contributed by atoms with E-state index < -0.39 is 15.9 Å². The van der Waals surface area contributed by atoms with Crippen molar-refractivity contribution in [2.24, 2.45) is 0 Å². The molecule has 1 aromatic rings. The van der Waals surface area contributed by atoms with Gasteiger partial charge in [0, 0.05) is 27.5 Å². The van der Waals surface area contributed by atoms with Crippen LogP contribution in [0.4, 0.5) is 0 Å². The monoisotopic (exact) mass is 306 g/mol. The first-order valence-electron chi connectivity index (χ1n) is 6.01. The van der Waals surface area contributed by atoms with Crippen molar-refractivity contribution in [2.75, 3.05) is 17.8 Å². The van der Waals surface area contributed by atoms with Crippen molar-refractivity contribution in [1.29, 1.82) is 0 Å². The van der Waals surface area contributed by atoms with E-state index in [9.17, 15) is 13.5 Å². The number of rotatable bonds is 5. The number of hydrogen-bond acceptors (Lipinski definition) is 5. The number of aliphatic hydroxyl groups is 1. The molecular weight excluding hydrogens is 288 g/mol. The van der Waals surface area contributed by atoms with Crippen molar-refractivity contribution in [3.8, 4) is 0 Å². The number of sulfone groups is 1. The Bertz CT molecular complexity index is 481. The van der Waals surface area contributed by atoms with E-state index in [0.29, 0.717) is 12.8 Å². The van der Waals surface area contributed by atoms with Crippen molar-refractivity contribution in [3.63, 3.8) is 0 Å². The molecule has 0 amide bonds. The fourth-order valence-electron chi connectivity index (χ4n) is 2.02. The molecule has 18 heavy (non-hydrogen) atoms. The van der Waals surface area contributed by atoms with Gasteiger partial charge >= 0.3 is 0 Å². The lowest BCUT2D eigenvalue weighted by molar-refractivity contribution is 0.170. The van der Waals surface area contributed by atoms with Gasteiger partial charge < -0.3 is 5.11 Å². The fraction of sp³-hybridized carbons (Fsp3) is 0.667. The van der Waals surface area contributed by atoms with Gasteiger partial charge in [-0.15, -0.1) is 11.3 Å². The van der Waals surface area contributed by atoms with Crippen molar-refractivity contribution in [2.45, 2.75) is 31.1 Å². The Balaban J connectivity index is 1.92.